The lowest BCUT2D eigenvalue weighted by atomic mass is 10.1. The lowest BCUT2D eigenvalue weighted by Gasteiger charge is -2.17. The molecule has 2 unspecified atom stereocenters. The van der Waals surface area contributed by atoms with Crippen molar-refractivity contribution in [2.24, 2.45) is 0 Å². The SMILES string of the molecule is CCn1c(Cc2ccccc2)nnc1SC(C)C(=O)NC(C)c1ccccc1. The van der Waals surface area contributed by atoms with Gasteiger partial charge in [-0.2, -0.15) is 0 Å². The highest BCUT2D eigenvalue weighted by Crippen LogP contribution is 2.24. The van der Waals surface area contributed by atoms with E-state index in [1.165, 1.54) is 17.3 Å². The van der Waals surface area contributed by atoms with Crippen LogP contribution in [0.2, 0.25) is 0 Å². The summed E-state index contributed by atoms with van der Waals surface area (Å²) in [7, 11) is 0. The number of benzene rings is 2. The van der Waals surface area contributed by atoms with Crippen molar-refractivity contribution in [2.45, 2.75) is 50.2 Å². The Morgan fingerprint density at radius 3 is 2.32 bits per heavy atom. The van der Waals surface area contributed by atoms with Crippen LogP contribution in [0, 0.1) is 0 Å². The van der Waals surface area contributed by atoms with Crippen LogP contribution in [0.1, 0.15) is 43.8 Å². The molecule has 1 heterocycles. The van der Waals surface area contributed by atoms with Gasteiger partial charge in [0, 0.05) is 13.0 Å². The second kappa shape index (κ2) is 9.55. The number of carbonyl (C=O) groups is 1. The van der Waals surface area contributed by atoms with Crippen molar-refractivity contribution in [1.29, 1.82) is 0 Å². The monoisotopic (exact) mass is 394 g/mol. The highest BCUT2D eigenvalue weighted by molar-refractivity contribution is 8.00. The zero-order valence-corrected chi connectivity index (χ0v) is 17.3. The number of hydrogen-bond donors (Lipinski definition) is 1. The Morgan fingerprint density at radius 1 is 1.04 bits per heavy atom. The van der Waals surface area contributed by atoms with E-state index in [9.17, 15) is 4.79 Å². The van der Waals surface area contributed by atoms with E-state index < -0.39 is 0 Å². The van der Waals surface area contributed by atoms with Gasteiger partial charge in [-0.3, -0.25) is 4.79 Å². The molecular weight excluding hydrogens is 368 g/mol. The second-order valence-electron chi connectivity index (χ2n) is 6.71. The maximum Gasteiger partial charge on any atom is 0.233 e. The molecule has 6 heteroatoms. The van der Waals surface area contributed by atoms with E-state index in [0.29, 0.717) is 0 Å². The summed E-state index contributed by atoms with van der Waals surface area (Å²) < 4.78 is 2.09. The van der Waals surface area contributed by atoms with Gasteiger partial charge in [0.1, 0.15) is 5.82 Å². The summed E-state index contributed by atoms with van der Waals surface area (Å²) in [4.78, 5) is 12.6. The molecule has 1 N–H and O–H groups in total. The fraction of sp³-hybridized carbons (Fsp3) is 0.318. The van der Waals surface area contributed by atoms with Crippen molar-refractivity contribution in [3.05, 3.63) is 77.6 Å². The number of amides is 1. The number of nitrogens with one attached hydrogen (secondary N) is 1. The molecule has 1 amide bonds. The van der Waals surface area contributed by atoms with Gasteiger partial charge in [-0.05, 0) is 31.9 Å². The molecule has 0 bridgehead atoms. The maximum absolute atomic E-state index is 12.6. The van der Waals surface area contributed by atoms with Gasteiger partial charge in [0.2, 0.25) is 5.91 Å². The zero-order valence-electron chi connectivity index (χ0n) is 16.5. The van der Waals surface area contributed by atoms with Crippen molar-refractivity contribution in [3.63, 3.8) is 0 Å². The van der Waals surface area contributed by atoms with E-state index in [4.69, 9.17) is 0 Å². The van der Waals surface area contributed by atoms with Gasteiger partial charge in [-0.25, -0.2) is 0 Å². The second-order valence-corrected chi connectivity index (χ2v) is 8.01. The van der Waals surface area contributed by atoms with E-state index in [0.717, 1.165) is 29.5 Å². The van der Waals surface area contributed by atoms with Crippen molar-refractivity contribution in [3.8, 4) is 0 Å². The normalized spacial score (nSPS) is 13.1. The fourth-order valence-corrected chi connectivity index (χ4v) is 3.94. The van der Waals surface area contributed by atoms with Gasteiger partial charge >= 0.3 is 0 Å². The molecule has 0 aliphatic heterocycles. The van der Waals surface area contributed by atoms with Crippen LogP contribution in [0.15, 0.2) is 65.8 Å². The fourth-order valence-electron chi connectivity index (χ4n) is 3.00. The van der Waals surface area contributed by atoms with Gasteiger partial charge in [0.15, 0.2) is 5.16 Å². The summed E-state index contributed by atoms with van der Waals surface area (Å²) in [5.41, 5.74) is 2.29. The third-order valence-electron chi connectivity index (χ3n) is 4.62. The molecule has 2 aromatic carbocycles. The highest BCUT2D eigenvalue weighted by Gasteiger charge is 2.21. The molecule has 0 aliphatic rings. The molecule has 0 spiro atoms. The Morgan fingerprint density at radius 2 is 1.68 bits per heavy atom. The maximum atomic E-state index is 12.6. The lowest BCUT2D eigenvalue weighted by molar-refractivity contribution is -0.120. The molecular formula is C22H26N4OS. The largest absolute Gasteiger partial charge is 0.349 e. The molecule has 3 rings (SSSR count). The Balaban J connectivity index is 1.65. The average molecular weight is 395 g/mol. The van der Waals surface area contributed by atoms with E-state index in [2.05, 4.69) is 39.1 Å². The van der Waals surface area contributed by atoms with Crippen LogP contribution in [-0.2, 0) is 17.8 Å². The van der Waals surface area contributed by atoms with Crippen LogP contribution < -0.4 is 5.32 Å². The summed E-state index contributed by atoms with van der Waals surface area (Å²) in [6.45, 7) is 6.75. The zero-order chi connectivity index (χ0) is 19.9. The third-order valence-corrected chi connectivity index (χ3v) is 5.70. The Labute approximate surface area is 170 Å². The molecule has 3 aromatic rings. The number of aromatic nitrogens is 3. The molecule has 0 saturated heterocycles. The summed E-state index contributed by atoms with van der Waals surface area (Å²) in [5, 5.41) is 12.3. The predicted molar refractivity (Wildman–Crippen MR) is 113 cm³/mol. The summed E-state index contributed by atoms with van der Waals surface area (Å²) >= 11 is 1.45. The number of hydrogen-bond acceptors (Lipinski definition) is 4. The highest BCUT2D eigenvalue weighted by atomic mass is 32.2. The Kier molecular flexibility index (Phi) is 6.87. The van der Waals surface area contributed by atoms with Crippen LogP contribution in [0.5, 0.6) is 0 Å². The minimum atomic E-state index is -0.259. The van der Waals surface area contributed by atoms with Crippen molar-refractivity contribution < 1.29 is 4.79 Å². The summed E-state index contributed by atoms with van der Waals surface area (Å²) in [6.07, 6.45) is 0.730. The molecule has 0 aliphatic carbocycles. The molecule has 1 aromatic heterocycles. The van der Waals surface area contributed by atoms with Gasteiger partial charge in [-0.1, -0.05) is 72.4 Å². The summed E-state index contributed by atoms with van der Waals surface area (Å²) in [6, 6.07) is 20.2. The van der Waals surface area contributed by atoms with Gasteiger partial charge in [-0.15, -0.1) is 10.2 Å². The van der Waals surface area contributed by atoms with Gasteiger partial charge < -0.3 is 9.88 Å². The lowest BCUT2D eigenvalue weighted by Crippen LogP contribution is -2.33. The quantitative estimate of drug-likeness (QED) is 0.580. The number of carbonyl (C=O) groups excluding carboxylic acids is 1. The Hall–Kier alpha value is -2.60. The van der Waals surface area contributed by atoms with Gasteiger partial charge in [0.25, 0.3) is 0 Å². The van der Waals surface area contributed by atoms with E-state index in [1.54, 1.807) is 0 Å². The van der Waals surface area contributed by atoms with Crippen molar-refractivity contribution >= 4 is 17.7 Å². The molecule has 28 heavy (non-hydrogen) atoms. The van der Waals surface area contributed by atoms with E-state index in [1.807, 2.05) is 62.4 Å². The van der Waals surface area contributed by atoms with Crippen molar-refractivity contribution in [1.82, 2.24) is 20.1 Å². The molecule has 146 valence electrons. The number of rotatable bonds is 8. The Bertz CT molecular complexity index is 895. The number of thioether (sulfide) groups is 1. The molecule has 0 fully saturated rings. The first-order chi connectivity index (χ1) is 13.6. The summed E-state index contributed by atoms with van der Waals surface area (Å²) in [5.74, 6) is 0.915. The first-order valence-electron chi connectivity index (χ1n) is 9.56. The van der Waals surface area contributed by atoms with E-state index in [-0.39, 0.29) is 17.2 Å². The standard InChI is InChI=1S/C22H26N4OS/c1-4-26-20(15-18-11-7-5-8-12-18)24-25-22(26)28-17(3)21(27)23-16(2)19-13-9-6-10-14-19/h5-14,16-17H,4,15H2,1-3H3,(H,23,27). The van der Waals surface area contributed by atoms with Gasteiger partial charge in [0.05, 0.1) is 11.3 Å². The third kappa shape index (κ3) is 5.01. The first kappa shape index (κ1) is 20.1. The van der Waals surface area contributed by atoms with Crippen LogP contribution >= 0.6 is 11.8 Å². The molecule has 5 nitrogen and oxygen atoms in total. The van der Waals surface area contributed by atoms with Crippen LogP contribution in [0.3, 0.4) is 0 Å². The smallest absolute Gasteiger partial charge is 0.233 e. The predicted octanol–water partition coefficient (Wildman–Crippen LogP) is 4.25. The molecule has 2 atom stereocenters. The molecule has 0 radical (unpaired) electrons. The number of nitrogens with zero attached hydrogens (tertiary/aromatic N) is 3. The van der Waals surface area contributed by atoms with Crippen LogP contribution in [0.25, 0.3) is 0 Å². The first-order valence-corrected chi connectivity index (χ1v) is 10.4. The topological polar surface area (TPSA) is 59.8 Å². The minimum absolute atomic E-state index is 0.00313. The van der Waals surface area contributed by atoms with Crippen molar-refractivity contribution in [2.75, 3.05) is 0 Å². The average Bonchev–Trinajstić information content (AvgIpc) is 3.10. The minimum Gasteiger partial charge on any atom is -0.349 e. The van der Waals surface area contributed by atoms with Crippen LogP contribution in [-0.4, -0.2) is 25.9 Å². The van der Waals surface area contributed by atoms with Crippen LogP contribution in [0.4, 0.5) is 0 Å². The van der Waals surface area contributed by atoms with E-state index >= 15 is 0 Å². The molecule has 0 saturated carbocycles.